The molecule has 0 N–H and O–H groups in total. The van der Waals surface area contributed by atoms with Crippen molar-refractivity contribution in [3.63, 3.8) is 0 Å². The third kappa shape index (κ3) is 6.29. The van der Waals surface area contributed by atoms with Gasteiger partial charge in [-0.05, 0) is 117 Å². The summed E-state index contributed by atoms with van der Waals surface area (Å²) >= 11 is 18.8. The first kappa shape index (κ1) is 36.7. The van der Waals surface area contributed by atoms with Crippen LogP contribution in [-0.4, -0.2) is 55.8 Å². The quantitative estimate of drug-likeness (QED) is 0.143. The zero-order chi connectivity index (χ0) is 37.6. The van der Waals surface area contributed by atoms with Crippen LogP contribution in [0.25, 0.3) is 27.8 Å². The van der Waals surface area contributed by atoms with Crippen molar-refractivity contribution in [2.45, 2.75) is 53.5 Å². The zero-order valence-corrected chi connectivity index (χ0v) is 32.8. The second-order valence-electron chi connectivity index (χ2n) is 13.3. The third-order valence-corrected chi connectivity index (χ3v) is 11.7. The van der Waals surface area contributed by atoms with Gasteiger partial charge < -0.3 is 9.47 Å². The van der Waals surface area contributed by atoms with Gasteiger partial charge in [0, 0.05) is 81.1 Å². The molecule has 2 aliphatic heterocycles. The van der Waals surface area contributed by atoms with E-state index < -0.39 is 0 Å². The topological polar surface area (TPSA) is 48.8 Å². The highest BCUT2D eigenvalue weighted by Crippen LogP contribution is 2.42. The van der Waals surface area contributed by atoms with Crippen molar-refractivity contribution in [1.82, 2.24) is 19.3 Å². The highest BCUT2D eigenvalue weighted by Gasteiger charge is 2.42. The Morgan fingerprint density at radius 2 is 1.43 bits per heavy atom. The molecule has 2 bridgehead atoms. The van der Waals surface area contributed by atoms with Crippen LogP contribution in [0.4, 0.5) is 0 Å². The Balaban J connectivity index is 1.44. The van der Waals surface area contributed by atoms with Gasteiger partial charge in [0.15, 0.2) is 5.11 Å². The molecule has 2 aliphatic carbocycles. The SMILES string of the molecule is C=C1\C=C/C=C2\C/C(=C\C=C1Cl)N(CC)\C2=C\C=C1/CC/C(=C\C=c2/c3cccc4c(Cl)ccc(c43)n2CC)C1=C1C(=O)N(CC)C(=S)N(CC)C1=O. The van der Waals surface area contributed by atoms with Crippen LogP contribution in [0.2, 0.25) is 5.02 Å². The molecule has 3 fully saturated rings. The van der Waals surface area contributed by atoms with Crippen LogP contribution in [-0.2, 0) is 16.1 Å². The molecule has 0 unspecified atom stereocenters. The molecule has 2 saturated heterocycles. The number of aryl methyl sites for hydroxylation is 1. The molecule has 2 aromatic carbocycles. The normalized spacial score (nSPS) is 23.7. The lowest BCUT2D eigenvalue weighted by Gasteiger charge is -2.36. The fraction of sp³-hybridized carbons (Fsp3) is 0.250. The Kier molecular flexibility index (Phi) is 10.4. The van der Waals surface area contributed by atoms with Crippen LogP contribution >= 0.6 is 35.4 Å². The highest BCUT2D eigenvalue weighted by atomic mass is 35.5. The van der Waals surface area contributed by atoms with E-state index in [1.54, 1.807) is 0 Å². The largest absolute Gasteiger partial charge is 0.345 e. The number of hydrogen-bond donors (Lipinski definition) is 0. The molecule has 1 aromatic heterocycles. The van der Waals surface area contributed by atoms with Crippen molar-refractivity contribution in [1.29, 1.82) is 0 Å². The summed E-state index contributed by atoms with van der Waals surface area (Å²) in [4.78, 5) is 33.9. The van der Waals surface area contributed by atoms with Gasteiger partial charge in [-0.1, -0.05) is 78.4 Å². The Labute approximate surface area is 326 Å². The number of halogens is 2. The maximum Gasteiger partial charge on any atom is 0.266 e. The standard InChI is InChI=1S/C44H42Cl2N4O2S/c1-6-47-31-20-21-34(45)27(5)12-10-13-30(26-31)36(47)23-18-28-16-17-29(39(28)41-42(51)49(8-3)44(53)50(9-4)43(41)52)19-24-37-33-15-11-14-32-35(46)22-25-38(40(32)33)48(37)7-2/h10-15,18-25H,5-9,16-17,26H2,1-4H3/b12-10-,28-18+,29-19+,30-13+,31-20+,34-21?,36-23+,37-24+. The minimum Gasteiger partial charge on any atom is -0.345 e. The van der Waals surface area contributed by atoms with Crippen LogP contribution in [0.1, 0.15) is 47.0 Å². The van der Waals surface area contributed by atoms with Crippen molar-refractivity contribution in [3.8, 4) is 0 Å². The average Bonchev–Trinajstić information content (AvgIpc) is 3.81. The second kappa shape index (κ2) is 15.0. The van der Waals surface area contributed by atoms with Crippen LogP contribution in [0.5, 0.6) is 0 Å². The van der Waals surface area contributed by atoms with Crippen molar-refractivity contribution < 1.29 is 9.59 Å². The van der Waals surface area contributed by atoms with E-state index in [0.717, 1.165) is 85.2 Å². The molecule has 6 nitrogen and oxygen atoms in total. The number of thiocarbonyl (C=S) groups is 1. The molecule has 0 radical (unpaired) electrons. The lowest BCUT2D eigenvalue weighted by molar-refractivity contribution is -0.133. The summed E-state index contributed by atoms with van der Waals surface area (Å²) in [5.74, 6) is -0.697. The van der Waals surface area contributed by atoms with Gasteiger partial charge in [0.1, 0.15) is 5.57 Å². The summed E-state index contributed by atoms with van der Waals surface area (Å²) < 4.78 is 2.29. The first-order valence-corrected chi connectivity index (χ1v) is 19.4. The summed E-state index contributed by atoms with van der Waals surface area (Å²) in [7, 11) is 0. The molecular formula is C44H42Cl2N4O2S. The molecule has 0 spiro atoms. The van der Waals surface area contributed by atoms with Gasteiger partial charge in [0.05, 0.1) is 0 Å². The molecular weight excluding hydrogens is 719 g/mol. The number of carbonyl (C=O) groups is 2. The summed E-state index contributed by atoms with van der Waals surface area (Å²) in [5, 5.41) is 5.90. The number of likely N-dealkylation sites (tertiary alicyclic amines) is 1. The van der Waals surface area contributed by atoms with Gasteiger partial charge in [-0.3, -0.25) is 19.4 Å². The van der Waals surface area contributed by atoms with Crippen LogP contribution in [0, 0.1) is 0 Å². The number of fused-ring (bicyclic) bond motifs is 2. The zero-order valence-electron chi connectivity index (χ0n) is 30.5. The number of allylic oxidation sites excluding steroid dienone is 15. The number of hydrogen-bond acceptors (Lipinski definition) is 4. The summed E-state index contributed by atoms with van der Waals surface area (Å²) in [6.45, 7) is 14.4. The fourth-order valence-electron chi connectivity index (χ4n) is 7.99. The van der Waals surface area contributed by atoms with Gasteiger partial charge in [0.25, 0.3) is 11.8 Å². The third-order valence-electron chi connectivity index (χ3n) is 10.6. The summed E-state index contributed by atoms with van der Waals surface area (Å²) in [5.41, 5.74) is 8.00. The van der Waals surface area contributed by atoms with Crippen LogP contribution in [0.3, 0.4) is 0 Å². The van der Waals surface area contributed by atoms with E-state index in [-0.39, 0.29) is 22.5 Å². The molecule has 7 rings (SSSR count). The monoisotopic (exact) mass is 760 g/mol. The van der Waals surface area contributed by atoms with E-state index in [1.165, 1.54) is 9.80 Å². The molecule has 2 amide bonds. The van der Waals surface area contributed by atoms with Gasteiger partial charge in [0.2, 0.25) is 0 Å². The maximum atomic E-state index is 14.3. The first-order valence-electron chi connectivity index (χ1n) is 18.3. The molecule has 53 heavy (non-hydrogen) atoms. The molecule has 1 saturated carbocycles. The predicted molar refractivity (Wildman–Crippen MR) is 223 cm³/mol. The highest BCUT2D eigenvalue weighted by molar-refractivity contribution is 7.80. The Hall–Kier alpha value is -4.69. The van der Waals surface area contributed by atoms with E-state index in [9.17, 15) is 9.59 Å². The molecule has 3 heterocycles. The lowest BCUT2D eigenvalue weighted by atomic mass is 9.95. The molecule has 4 aliphatic rings. The van der Waals surface area contributed by atoms with Crippen LogP contribution in [0.15, 0.2) is 135 Å². The number of carbonyl (C=O) groups excluding carboxylic acids is 2. The van der Waals surface area contributed by atoms with Gasteiger partial charge in [-0.25, -0.2) is 0 Å². The Morgan fingerprint density at radius 1 is 0.774 bits per heavy atom. The second-order valence-corrected chi connectivity index (χ2v) is 14.5. The number of benzene rings is 2. The Bertz CT molecular complexity index is 2410. The van der Waals surface area contributed by atoms with Crippen molar-refractivity contribution in [2.24, 2.45) is 0 Å². The van der Waals surface area contributed by atoms with E-state index in [2.05, 4.69) is 84.5 Å². The maximum absolute atomic E-state index is 14.3. The average molecular weight is 762 g/mol. The molecule has 3 aromatic rings. The summed E-state index contributed by atoms with van der Waals surface area (Å²) in [6, 6.07) is 10.3. The van der Waals surface area contributed by atoms with E-state index >= 15 is 0 Å². The molecule has 9 heteroatoms. The van der Waals surface area contributed by atoms with Gasteiger partial charge in [-0.15, -0.1) is 0 Å². The number of rotatable bonds is 6. The lowest BCUT2D eigenvalue weighted by Crippen LogP contribution is -2.56. The number of nitrogens with zero attached hydrogens (tertiary/aromatic N) is 4. The van der Waals surface area contributed by atoms with E-state index in [4.69, 9.17) is 35.4 Å². The van der Waals surface area contributed by atoms with Gasteiger partial charge >= 0.3 is 0 Å². The van der Waals surface area contributed by atoms with Crippen LogP contribution < -0.4 is 5.35 Å². The summed E-state index contributed by atoms with van der Waals surface area (Å²) in [6.07, 6.45) is 20.6. The smallest absolute Gasteiger partial charge is 0.266 e. The minimum absolute atomic E-state index is 0.173. The molecule has 270 valence electrons. The van der Waals surface area contributed by atoms with Crippen molar-refractivity contribution >= 4 is 80.1 Å². The Morgan fingerprint density at radius 3 is 2.09 bits per heavy atom. The van der Waals surface area contributed by atoms with Crippen molar-refractivity contribution in [2.75, 3.05) is 19.6 Å². The first-order chi connectivity index (χ1) is 25.6. The number of aromatic nitrogens is 1. The van der Waals surface area contributed by atoms with E-state index in [0.29, 0.717) is 36.5 Å². The van der Waals surface area contributed by atoms with Crippen molar-refractivity contribution in [3.05, 3.63) is 146 Å². The fourth-order valence-corrected chi connectivity index (χ4v) is 8.76. The van der Waals surface area contributed by atoms with Gasteiger partial charge in [-0.2, -0.15) is 0 Å². The minimum atomic E-state index is -0.349. The number of likely N-dealkylation sites (N-methyl/N-ethyl adjacent to an activating group) is 3. The molecule has 0 atom stereocenters. The predicted octanol–water partition coefficient (Wildman–Crippen LogP) is 9.57. The number of amides is 2. The van der Waals surface area contributed by atoms with E-state index in [1.807, 2.05) is 44.2 Å².